The first-order valence-electron chi connectivity index (χ1n) is 4.30. The third-order valence-corrected chi connectivity index (χ3v) is 3.26. The highest BCUT2D eigenvalue weighted by Crippen LogP contribution is 2.38. The average molecular weight is 157 g/mol. The van der Waals surface area contributed by atoms with E-state index in [0.717, 1.165) is 12.8 Å². The van der Waals surface area contributed by atoms with Crippen LogP contribution in [0.15, 0.2) is 0 Å². The topological polar surface area (TPSA) is 23.5 Å². The van der Waals surface area contributed by atoms with Gasteiger partial charge >= 0.3 is 0 Å². The van der Waals surface area contributed by atoms with Crippen molar-refractivity contribution in [1.29, 1.82) is 0 Å². The van der Waals surface area contributed by atoms with Crippen molar-refractivity contribution in [3.05, 3.63) is 0 Å². The third kappa shape index (κ3) is 1.57. The van der Waals surface area contributed by atoms with Crippen LogP contribution in [0.25, 0.3) is 0 Å². The molecular weight excluding hydrogens is 138 g/mol. The van der Waals surface area contributed by atoms with Crippen LogP contribution in [0, 0.1) is 5.92 Å². The molecule has 0 saturated heterocycles. The molecule has 66 valence electrons. The summed E-state index contributed by atoms with van der Waals surface area (Å²) in [4.78, 5) is 2.24. The van der Waals surface area contributed by atoms with E-state index in [-0.39, 0.29) is 11.6 Å². The predicted molar refractivity (Wildman–Crippen MR) is 46.5 cm³/mol. The number of hydrogen-bond donors (Lipinski definition) is 1. The largest absolute Gasteiger partial charge is 0.393 e. The molecule has 0 bridgehead atoms. The fraction of sp³-hybridized carbons (Fsp3) is 1.00. The van der Waals surface area contributed by atoms with Crippen molar-refractivity contribution < 1.29 is 5.11 Å². The van der Waals surface area contributed by atoms with Gasteiger partial charge < -0.3 is 10.0 Å². The van der Waals surface area contributed by atoms with Gasteiger partial charge in [0, 0.05) is 5.54 Å². The van der Waals surface area contributed by atoms with Gasteiger partial charge in [0.15, 0.2) is 0 Å². The minimum Gasteiger partial charge on any atom is -0.393 e. The number of hydrogen-bond acceptors (Lipinski definition) is 2. The van der Waals surface area contributed by atoms with Gasteiger partial charge in [-0.3, -0.25) is 0 Å². The molecule has 0 radical (unpaired) electrons. The van der Waals surface area contributed by atoms with E-state index < -0.39 is 0 Å². The molecule has 1 saturated carbocycles. The van der Waals surface area contributed by atoms with Crippen molar-refractivity contribution in [2.75, 3.05) is 14.1 Å². The second-order valence-electron chi connectivity index (χ2n) is 4.37. The van der Waals surface area contributed by atoms with Gasteiger partial charge in [-0.15, -0.1) is 0 Å². The van der Waals surface area contributed by atoms with Crippen molar-refractivity contribution in [3.8, 4) is 0 Å². The highest BCUT2D eigenvalue weighted by atomic mass is 16.3. The third-order valence-electron chi connectivity index (χ3n) is 3.26. The van der Waals surface area contributed by atoms with Gasteiger partial charge in [0.1, 0.15) is 0 Å². The molecule has 0 unspecified atom stereocenters. The predicted octanol–water partition coefficient (Wildman–Crippen LogP) is 1.10. The number of rotatable bonds is 2. The molecule has 0 heterocycles. The molecular formula is C9H19NO. The Hall–Kier alpha value is -0.0800. The Balaban J connectivity index is 2.46. The van der Waals surface area contributed by atoms with Gasteiger partial charge in [-0.2, -0.15) is 0 Å². The first-order valence-corrected chi connectivity index (χ1v) is 4.30. The molecule has 0 aromatic carbocycles. The van der Waals surface area contributed by atoms with Crippen LogP contribution in [-0.2, 0) is 0 Å². The van der Waals surface area contributed by atoms with Crippen LogP contribution < -0.4 is 0 Å². The molecule has 0 atom stereocenters. The minimum absolute atomic E-state index is 0.0285. The zero-order chi connectivity index (χ0) is 8.65. The summed E-state index contributed by atoms with van der Waals surface area (Å²) in [7, 11) is 4.20. The standard InChI is InChI=1S/C9H19NO/c1-9(2,10(3)4)7-5-8(11)6-7/h7-8,11H,5-6H2,1-4H3/t7-,8+. The van der Waals surface area contributed by atoms with Gasteiger partial charge in [0.05, 0.1) is 6.10 Å². The molecule has 0 aromatic rings. The molecule has 0 aromatic heterocycles. The van der Waals surface area contributed by atoms with E-state index in [2.05, 4.69) is 32.8 Å². The zero-order valence-corrected chi connectivity index (χ0v) is 7.96. The molecule has 0 amide bonds. The van der Waals surface area contributed by atoms with Crippen molar-refractivity contribution in [2.24, 2.45) is 5.92 Å². The van der Waals surface area contributed by atoms with E-state index in [4.69, 9.17) is 5.11 Å². The van der Waals surface area contributed by atoms with E-state index in [9.17, 15) is 0 Å². The minimum atomic E-state index is -0.0285. The first kappa shape index (κ1) is 9.01. The summed E-state index contributed by atoms with van der Waals surface area (Å²) >= 11 is 0. The van der Waals surface area contributed by atoms with E-state index in [1.807, 2.05) is 0 Å². The van der Waals surface area contributed by atoms with Crippen molar-refractivity contribution in [1.82, 2.24) is 4.90 Å². The molecule has 1 rings (SSSR count). The number of nitrogens with zero attached hydrogens (tertiary/aromatic N) is 1. The Morgan fingerprint density at radius 1 is 1.27 bits per heavy atom. The first-order chi connectivity index (χ1) is 4.94. The van der Waals surface area contributed by atoms with Gasteiger partial charge in [0.2, 0.25) is 0 Å². The lowest BCUT2D eigenvalue weighted by atomic mass is 9.70. The van der Waals surface area contributed by atoms with Crippen molar-refractivity contribution in [2.45, 2.75) is 38.3 Å². The van der Waals surface area contributed by atoms with Crippen LogP contribution in [0.5, 0.6) is 0 Å². The quantitative estimate of drug-likeness (QED) is 0.649. The summed E-state index contributed by atoms with van der Waals surface area (Å²) in [6.45, 7) is 4.48. The fourth-order valence-corrected chi connectivity index (χ4v) is 1.53. The Kier molecular flexibility index (Phi) is 2.26. The molecule has 2 nitrogen and oxygen atoms in total. The zero-order valence-electron chi connectivity index (χ0n) is 7.96. The molecule has 0 spiro atoms. The Labute approximate surface area is 69.2 Å². The van der Waals surface area contributed by atoms with Gasteiger partial charge in [-0.1, -0.05) is 0 Å². The van der Waals surface area contributed by atoms with E-state index in [1.54, 1.807) is 0 Å². The van der Waals surface area contributed by atoms with Crippen molar-refractivity contribution >= 4 is 0 Å². The monoisotopic (exact) mass is 157 g/mol. The van der Waals surface area contributed by atoms with Gasteiger partial charge in [-0.05, 0) is 46.7 Å². The Bertz CT molecular complexity index is 136. The van der Waals surface area contributed by atoms with Crippen LogP contribution in [0.4, 0.5) is 0 Å². The number of aliphatic hydroxyl groups excluding tert-OH is 1. The lowest BCUT2D eigenvalue weighted by Crippen LogP contribution is -2.51. The SMILES string of the molecule is CN(C)C(C)(C)[C@H]1C[C@@H](O)C1. The van der Waals surface area contributed by atoms with Crippen LogP contribution in [-0.4, -0.2) is 35.7 Å². The maximum absolute atomic E-state index is 9.14. The van der Waals surface area contributed by atoms with Crippen LogP contribution in [0.2, 0.25) is 0 Å². The fourth-order valence-electron chi connectivity index (χ4n) is 1.53. The molecule has 11 heavy (non-hydrogen) atoms. The van der Waals surface area contributed by atoms with Crippen molar-refractivity contribution in [3.63, 3.8) is 0 Å². The average Bonchev–Trinajstić information content (AvgIpc) is 1.80. The maximum Gasteiger partial charge on any atom is 0.0547 e. The summed E-state index contributed by atoms with van der Waals surface area (Å²) in [6, 6.07) is 0. The summed E-state index contributed by atoms with van der Waals surface area (Å²) in [5.74, 6) is 0.674. The smallest absolute Gasteiger partial charge is 0.0547 e. The van der Waals surface area contributed by atoms with E-state index >= 15 is 0 Å². The molecule has 1 N–H and O–H groups in total. The summed E-state index contributed by atoms with van der Waals surface area (Å²) in [5.41, 5.74) is 0.249. The van der Waals surface area contributed by atoms with Gasteiger partial charge in [0.25, 0.3) is 0 Å². The van der Waals surface area contributed by atoms with Crippen LogP contribution in [0.1, 0.15) is 26.7 Å². The van der Waals surface area contributed by atoms with E-state index in [1.165, 1.54) is 0 Å². The normalized spacial score (nSPS) is 32.2. The maximum atomic E-state index is 9.14. The summed E-state index contributed by atoms with van der Waals surface area (Å²) < 4.78 is 0. The summed E-state index contributed by atoms with van der Waals surface area (Å²) in [5, 5.41) is 9.14. The van der Waals surface area contributed by atoms with Crippen LogP contribution in [0.3, 0.4) is 0 Å². The molecule has 1 aliphatic carbocycles. The second-order valence-corrected chi connectivity index (χ2v) is 4.37. The Morgan fingerprint density at radius 2 is 1.73 bits per heavy atom. The van der Waals surface area contributed by atoms with Crippen LogP contribution >= 0.6 is 0 Å². The lowest BCUT2D eigenvalue weighted by Gasteiger charge is -2.47. The summed E-state index contributed by atoms with van der Waals surface area (Å²) in [6.07, 6.45) is 1.93. The van der Waals surface area contributed by atoms with E-state index in [0.29, 0.717) is 5.92 Å². The van der Waals surface area contributed by atoms with Gasteiger partial charge in [-0.25, -0.2) is 0 Å². The Morgan fingerprint density at radius 3 is 2.00 bits per heavy atom. The molecule has 0 aliphatic heterocycles. The lowest BCUT2D eigenvalue weighted by molar-refractivity contribution is -0.0308. The number of aliphatic hydroxyl groups is 1. The molecule has 2 heteroatoms. The second kappa shape index (κ2) is 2.76. The molecule has 1 fully saturated rings. The highest BCUT2D eigenvalue weighted by Gasteiger charge is 2.40. The molecule has 1 aliphatic rings. The highest BCUT2D eigenvalue weighted by molar-refractivity contribution is 4.94.